The van der Waals surface area contributed by atoms with Crippen LogP contribution in [0.1, 0.15) is 121 Å². The van der Waals surface area contributed by atoms with Crippen molar-refractivity contribution in [2.75, 3.05) is 56.8 Å². The number of thiazole rings is 2. The maximum atomic E-state index is 15.3. The van der Waals surface area contributed by atoms with Crippen LogP contribution in [0.2, 0.25) is 0 Å². The lowest BCUT2D eigenvalue weighted by Gasteiger charge is -2.47. The van der Waals surface area contributed by atoms with Gasteiger partial charge in [0.05, 0.1) is 92.8 Å². The molecular formula is C66H105N20O27S3+. The van der Waals surface area contributed by atoms with E-state index in [1.807, 2.05) is 0 Å². The first kappa shape index (κ1) is 95.0. The number of hydrogen-bond donors (Lipinski definition) is 26. The first-order valence-electron chi connectivity index (χ1n) is 36.4. The number of nitrogen functional groups attached to an aromatic ring is 1. The van der Waals surface area contributed by atoms with Crippen LogP contribution in [0.3, 0.4) is 0 Å². The van der Waals surface area contributed by atoms with E-state index < -0.39 is 256 Å². The quantitative estimate of drug-likeness (QED) is 0.0111. The second-order valence-corrected chi connectivity index (χ2v) is 32.1. The maximum absolute atomic E-state index is 15.3. The molecule has 0 aromatic carbocycles. The molecule has 116 heavy (non-hydrogen) atoms. The largest absolute Gasteiger partial charge is 0.441 e. The zero-order valence-corrected chi connectivity index (χ0v) is 66.2. The summed E-state index contributed by atoms with van der Waals surface area (Å²) < 4.78 is 40.4. The smallest absolute Gasteiger partial charge is 0.404 e. The number of anilines is 1. The minimum absolute atomic E-state index is 0.0171. The Morgan fingerprint density at radius 1 is 0.707 bits per heavy atom. The highest BCUT2D eigenvalue weighted by molar-refractivity contribution is 7.95. The fraction of sp³-hybridized carbons (Fsp3) is 0.667. The predicted molar refractivity (Wildman–Crippen MR) is 405 cm³/mol. The molecule has 3 aliphatic heterocycles. The number of H-pyrrole nitrogens is 1. The first-order chi connectivity index (χ1) is 54.7. The number of aromatic amines is 1. The normalized spacial score (nSPS) is 26.4. The Bertz CT molecular complexity index is 3920. The third-order valence-corrected chi connectivity index (χ3v) is 21.6. The van der Waals surface area contributed by atoms with Crippen LogP contribution in [0.25, 0.3) is 10.7 Å². The summed E-state index contributed by atoms with van der Waals surface area (Å²) in [6.45, 7) is 3.20. The molecule has 648 valence electrons. The van der Waals surface area contributed by atoms with E-state index in [2.05, 4.69) is 79.6 Å². The third-order valence-electron chi connectivity index (χ3n) is 18.7. The Labute approximate surface area is 673 Å². The van der Waals surface area contributed by atoms with Crippen LogP contribution in [0, 0.1) is 6.92 Å². The fourth-order valence-electron chi connectivity index (χ4n) is 12.0. The molecule has 0 spiro atoms. The van der Waals surface area contributed by atoms with Crippen LogP contribution >= 0.6 is 22.7 Å². The molecule has 3 fully saturated rings. The lowest BCUT2D eigenvalue weighted by molar-refractivity contribution is -0.372. The molecule has 0 radical (unpaired) electrons. The van der Waals surface area contributed by atoms with Gasteiger partial charge in [0.1, 0.15) is 118 Å². The first-order valence-corrected chi connectivity index (χ1v) is 40.4. The summed E-state index contributed by atoms with van der Waals surface area (Å²) in [4.78, 5) is 145. The molecule has 3 aliphatic rings. The highest BCUT2D eigenvalue weighted by atomic mass is 32.2. The molecule has 18 unspecified atom stereocenters. The van der Waals surface area contributed by atoms with Crippen molar-refractivity contribution in [2.45, 2.75) is 225 Å². The topological polar surface area (TPSA) is 787 Å². The van der Waals surface area contributed by atoms with Crippen LogP contribution in [-0.4, -0.2) is 331 Å². The number of aliphatic hydroxyl groups is 11. The summed E-state index contributed by atoms with van der Waals surface area (Å²) in [5, 5.41) is 144. The van der Waals surface area contributed by atoms with Crippen molar-refractivity contribution < 1.29 is 132 Å². The van der Waals surface area contributed by atoms with Crippen molar-refractivity contribution in [2.24, 2.45) is 34.4 Å². The molecule has 47 nitrogen and oxygen atoms in total. The second kappa shape index (κ2) is 44.1. The number of imidazole rings is 1. The predicted octanol–water partition coefficient (Wildman–Crippen LogP) is -10.7. The monoisotopic (exact) mass is 1710 g/mol. The average molecular weight is 1710 g/mol. The van der Waals surface area contributed by atoms with Crippen molar-refractivity contribution in [3.05, 3.63) is 56.8 Å². The van der Waals surface area contributed by atoms with Gasteiger partial charge in [-0.15, -0.1) is 22.7 Å². The van der Waals surface area contributed by atoms with Gasteiger partial charge in [0.15, 0.2) is 37.3 Å². The highest BCUT2D eigenvalue weighted by Gasteiger charge is 2.54. The average Bonchev–Trinajstić information content (AvgIpc) is 1.65. The van der Waals surface area contributed by atoms with Gasteiger partial charge < -0.3 is 172 Å². The lowest BCUT2D eigenvalue weighted by atomic mass is 9.97. The molecule has 3 saturated heterocycles. The Morgan fingerprint density at radius 2 is 1.38 bits per heavy atom. The summed E-state index contributed by atoms with van der Waals surface area (Å²) >= 11 is 1.84. The van der Waals surface area contributed by atoms with Gasteiger partial charge in [-0.25, -0.2) is 29.7 Å². The Morgan fingerprint density at radius 3 is 2.02 bits per heavy atom. The van der Waals surface area contributed by atoms with Gasteiger partial charge in [-0.3, -0.25) is 38.4 Å². The van der Waals surface area contributed by atoms with Gasteiger partial charge in [-0.1, -0.05) is 0 Å². The SMILES string of the molecule is Cc1c(N)nc([C@H](CC(N)=O)NC[C@H](N)C(N)=O)nc1C(=O)N[C@H](C(=O)N[C@H](C)[C@@H](O)CC(=O)N[C@H](C(=O)NC(OC1OC(C)C(N)C(O)C1O)C(O)c1nc(-c2nc(C(=O)NCCCC(N)CC(=O)NCCC[S+](C)C)cs2)cs1)[C@@H](C)O)[C@@H](OC1OC(CO)C(O)C(O)C1OC1OC(CO)C(O)C(OC(N)=O)C1O)c1cnc[nH]1. The molecule has 4 aromatic heterocycles. The molecule has 9 amide bonds. The number of carbonyl (C=O) groups is 9. The van der Waals surface area contributed by atoms with E-state index >= 15 is 9.59 Å². The number of amides is 9. The number of carbonyl (C=O) groups excluding carboxylic acids is 9. The number of ether oxygens (including phenoxy) is 7. The molecule has 7 heterocycles. The van der Waals surface area contributed by atoms with Gasteiger partial charge in [0, 0.05) is 61.3 Å². The molecule has 0 bridgehead atoms. The Hall–Kier alpha value is -8.11. The minimum atomic E-state index is -2.27. The summed E-state index contributed by atoms with van der Waals surface area (Å²) in [5.41, 5.74) is 39.6. The van der Waals surface area contributed by atoms with Crippen LogP contribution in [0.4, 0.5) is 10.6 Å². The van der Waals surface area contributed by atoms with Crippen molar-refractivity contribution >= 4 is 92.7 Å². The number of hydrogen-bond acceptors (Lipinski definition) is 39. The van der Waals surface area contributed by atoms with E-state index in [0.717, 1.165) is 61.2 Å². The lowest BCUT2D eigenvalue weighted by Crippen LogP contribution is -2.65. The van der Waals surface area contributed by atoms with Crippen LogP contribution in [-0.2, 0) is 72.8 Å². The van der Waals surface area contributed by atoms with Gasteiger partial charge in [-0.2, -0.15) is 0 Å². The van der Waals surface area contributed by atoms with E-state index in [1.54, 1.807) is 0 Å². The van der Waals surface area contributed by atoms with E-state index in [0.29, 0.717) is 19.4 Å². The maximum Gasteiger partial charge on any atom is 0.404 e. The van der Waals surface area contributed by atoms with Crippen molar-refractivity contribution in [3.8, 4) is 10.7 Å². The summed E-state index contributed by atoms with van der Waals surface area (Å²) in [6.07, 6.45) is -31.9. The van der Waals surface area contributed by atoms with Gasteiger partial charge in [-0.05, 0) is 51.4 Å². The number of aromatic nitrogens is 6. The molecular weight excluding hydrogens is 1600 g/mol. The van der Waals surface area contributed by atoms with Crippen LogP contribution in [0.5, 0.6) is 0 Å². The number of rotatable bonds is 43. The number of aliphatic hydroxyl groups excluding tert-OH is 11. The fourth-order valence-corrected chi connectivity index (χ4v) is 14.4. The van der Waals surface area contributed by atoms with Crippen molar-refractivity contribution in [1.29, 1.82) is 0 Å². The summed E-state index contributed by atoms with van der Waals surface area (Å²) in [6, 6.07) is -10.2. The number of nitrogens with two attached hydrogens (primary N) is 7. The zero-order chi connectivity index (χ0) is 85.9. The van der Waals surface area contributed by atoms with Gasteiger partial charge in [0.2, 0.25) is 35.4 Å². The summed E-state index contributed by atoms with van der Waals surface area (Å²) in [7, 11) is 0.263. The number of nitrogens with one attached hydrogen (secondary N) is 8. The standard InChI is InChI=1S/C66H104N20O27S3/c1-23-40(83-55(85-53(23)71)29(14-36(69)91)77-16-28(68)54(72)101)57(103)84-42(50(30-17-74-22-78-30)110-65-52(46(97)43(94)34(18-87)109-65)111-64-48(99)51(112-66(73)106)44(95)35(19-88)108-64)59(105)79-24(2)33(90)15-38(93)82-41(25(3)89)58(104)86-60(113-63-47(98)45(96)39(70)26(4)107-63)49(100)62-81-32(21-115-62)61-80-31(20-114-61)56(102)76-10-7-9-27(67)13-37(92)75-11-8-12-116(5)6/h17,20-22,24-29,33-35,39,41-52,60,63-65,77,87-90,94-100H,7-16,18-19,67-68,70H2,1-6H3,(H14-,69,71,72,73,74,75,76,78,79,82,83,84,85,86,91,92,93,101,102,103,104,105,106)/p+1/t24-,25-,26?,27?,28+,29+,33+,34?,35?,39?,41+,42+,43?,44?,45?,46?,47?,48?,49?,50+,51?,52?,60?,63?,64?,65?/m1/s1. The van der Waals surface area contributed by atoms with Crippen LogP contribution < -0.4 is 77.4 Å². The summed E-state index contributed by atoms with van der Waals surface area (Å²) in [5.74, 6) is -7.58. The third kappa shape index (κ3) is 25.9. The molecule has 33 N–H and O–H groups in total. The zero-order valence-electron chi connectivity index (χ0n) is 63.8. The van der Waals surface area contributed by atoms with Crippen molar-refractivity contribution in [1.82, 2.24) is 67.1 Å². The second-order valence-electron chi connectivity index (χ2n) is 28.0. The Balaban J connectivity index is 1.13. The van der Waals surface area contributed by atoms with Gasteiger partial charge >= 0.3 is 6.09 Å². The van der Waals surface area contributed by atoms with E-state index in [-0.39, 0.29) is 62.4 Å². The van der Waals surface area contributed by atoms with E-state index in [1.165, 1.54) is 24.6 Å². The molecule has 4 aromatic rings. The molecule has 50 heteroatoms. The molecule has 7 rings (SSSR count). The van der Waals surface area contributed by atoms with E-state index in [4.69, 9.17) is 73.3 Å². The number of nitrogens with zero attached hydrogens (tertiary/aromatic N) is 5. The Kier molecular flexibility index (Phi) is 36.1. The van der Waals surface area contributed by atoms with E-state index in [9.17, 15) is 89.7 Å². The van der Waals surface area contributed by atoms with Crippen LogP contribution in [0.15, 0.2) is 23.3 Å². The minimum Gasteiger partial charge on any atom is -0.441 e. The molecule has 26 atom stereocenters. The highest BCUT2D eigenvalue weighted by Crippen LogP contribution is 2.36. The van der Waals surface area contributed by atoms with Gasteiger partial charge in [0.25, 0.3) is 11.8 Å². The number of primary amides is 3. The molecule has 0 saturated carbocycles. The van der Waals surface area contributed by atoms with Crippen molar-refractivity contribution in [3.63, 3.8) is 0 Å². The molecule has 0 aliphatic carbocycles.